The minimum atomic E-state index is -0.355. The smallest absolute Gasteiger partial charge is 0.230 e. The maximum atomic E-state index is 12.5. The Morgan fingerprint density at radius 3 is 2.85 bits per heavy atom. The van der Waals surface area contributed by atoms with Crippen molar-refractivity contribution >= 4 is 17.6 Å². The van der Waals surface area contributed by atoms with Crippen LogP contribution >= 0.6 is 0 Å². The van der Waals surface area contributed by atoms with E-state index in [1.165, 1.54) is 0 Å². The predicted octanol–water partition coefficient (Wildman–Crippen LogP) is 2.75. The molecule has 2 aromatic rings. The van der Waals surface area contributed by atoms with Crippen LogP contribution in [0.2, 0.25) is 0 Å². The zero-order chi connectivity index (χ0) is 19.2. The van der Waals surface area contributed by atoms with Gasteiger partial charge in [0.25, 0.3) is 0 Å². The number of hydrogen-bond acceptors (Lipinski definition) is 4. The summed E-state index contributed by atoms with van der Waals surface area (Å²) in [4.78, 5) is 26.5. The number of likely N-dealkylation sites (tertiary alicyclic amines) is 1. The van der Waals surface area contributed by atoms with Gasteiger partial charge in [0.2, 0.25) is 11.8 Å². The summed E-state index contributed by atoms with van der Waals surface area (Å²) in [5.74, 6) is 0.783. The third-order valence-corrected chi connectivity index (χ3v) is 4.80. The summed E-state index contributed by atoms with van der Waals surface area (Å²) < 4.78 is 5.15. The number of H-pyrrole nitrogens is 1. The minimum Gasteiger partial charge on any atom is -0.497 e. The maximum absolute atomic E-state index is 12.5. The molecule has 1 unspecified atom stereocenters. The van der Waals surface area contributed by atoms with Gasteiger partial charge in [0, 0.05) is 31.3 Å². The van der Waals surface area contributed by atoms with Crippen molar-refractivity contribution in [2.45, 2.75) is 39.2 Å². The molecule has 2 amide bonds. The molecule has 1 aromatic carbocycles. The topological polar surface area (TPSA) is 87.3 Å². The molecule has 1 aliphatic heterocycles. The molecule has 2 N–H and O–H groups in total. The highest BCUT2D eigenvalue weighted by Gasteiger charge is 2.34. The van der Waals surface area contributed by atoms with Gasteiger partial charge >= 0.3 is 0 Å². The van der Waals surface area contributed by atoms with E-state index in [-0.39, 0.29) is 24.2 Å². The second-order valence-electron chi connectivity index (χ2n) is 6.89. The standard InChI is InChI=1S/C20H26N4O3/c1-3-4-5-16-11-18(23-22-16)21-20(26)15-10-19(25)24(13-15)12-14-6-8-17(27-2)9-7-14/h6-9,11,15H,3-5,10,12-13H2,1-2H3,(H2,21,22,23,26). The summed E-state index contributed by atoms with van der Waals surface area (Å²) in [6.07, 6.45) is 3.33. The molecule has 0 radical (unpaired) electrons. The first-order chi connectivity index (χ1) is 13.1. The fraction of sp³-hybridized carbons (Fsp3) is 0.450. The number of rotatable bonds is 8. The third kappa shape index (κ3) is 4.87. The average Bonchev–Trinajstić information content (AvgIpc) is 3.27. The second kappa shape index (κ2) is 8.70. The van der Waals surface area contributed by atoms with Crippen LogP contribution in [-0.2, 0) is 22.6 Å². The van der Waals surface area contributed by atoms with Gasteiger partial charge in [-0.2, -0.15) is 5.10 Å². The van der Waals surface area contributed by atoms with Gasteiger partial charge in [0.1, 0.15) is 5.75 Å². The van der Waals surface area contributed by atoms with Gasteiger partial charge in [-0.25, -0.2) is 0 Å². The number of benzene rings is 1. The van der Waals surface area contributed by atoms with E-state index in [9.17, 15) is 9.59 Å². The van der Waals surface area contributed by atoms with Gasteiger partial charge in [-0.05, 0) is 30.5 Å². The lowest BCUT2D eigenvalue weighted by atomic mass is 10.1. The number of aryl methyl sites for hydroxylation is 1. The van der Waals surface area contributed by atoms with Gasteiger partial charge in [0.05, 0.1) is 13.0 Å². The molecular weight excluding hydrogens is 344 g/mol. The van der Waals surface area contributed by atoms with Crippen LogP contribution in [0, 0.1) is 5.92 Å². The number of aromatic nitrogens is 2. The van der Waals surface area contributed by atoms with Crippen molar-refractivity contribution in [3.05, 3.63) is 41.6 Å². The Morgan fingerprint density at radius 1 is 1.37 bits per heavy atom. The van der Waals surface area contributed by atoms with E-state index < -0.39 is 0 Å². The van der Waals surface area contributed by atoms with E-state index in [0.29, 0.717) is 18.9 Å². The first kappa shape index (κ1) is 18.9. The van der Waals surface area contributed by atoms with Crippen molar-refractivity contribution in [3.8, 4) is 5.75 Å². The Bertz CT molecular complexity index is 785. The molecule has 1 atom stereocenters. The highest BCUT2D eigenvalue weighted by molar-refractivity contribution is 5.96. The number of amides is 2. The molecule has 1 fully saturated rings. The van der Waals surface area contributed by atoms with Gasteiger partial charge in [-0.1, -0.05) is 25.5 Å². The fourth-order valence-electron chi connectivity index (χ4n) is 3.20. The molecule has 1 aromatic heterocycles. The SMILES string of the molecule is CCCCc1cc(NC(=O)C2CC(=O)N(Cc3ccc(OC)cc3)C2)n[nH]1. The molecule has 1 aliphatic rings. The largest absolute Gasteiger partial charge is 0.497 e. The highest BCUT2D eigenvalue weighted by atomic mass is 16.5. The van der Waals surface area contributed by atoms with Crippen molar-refractivity contribution in [3.63, 3.8) is 0 Å². The zero-order valence-electron chi connectivity index (χ0n) is 15.8. The predicted molar refractivity (Wildman–Crippen MR) is 102 cm³/mol. The Hall–Kier alpha value is -2.83. The number of ether oxygens (including phenoxy) is 1. The van der Waals surface area contributed by atoms with E-state index in [1.54, 1.807) is 12.0 Å². The summed E-state index contributed by atoms with van der Waals surface area (Å²) in [5.41, 5.74) is 2.02. The van der Waals surface area contributed by atoms with Crippen LogP contribution in [0.15, 0.2) is 30.3 Å². The number of nitrogens with one attached hydrogen (secondary N) is 2. The molecule has 144 valence electrons. The molecule has 3 rings (SSSR count). The van der Waals surface area contributed by atoms with Gasteiger partial charge < -0.3 is 15.0 Å². The number of aromatic amines is 1. The van der Waals surface area contributed by atoms with Crippen molar-refractivity contribution in [2.24, 2.45) is 5.92 Å². The molecular formula is C20H26N4O3. The monoisotopic (exact) mass is 370 g/mol. The molecule has 0 spiro atoms. The molecule has 7 heteroatoms. The number of anilines is 1. The van der Waals surface area contributed by atoms with Crippen LogP contribution in [0.25, 0.3) is 0 Å². The first-order valence-electron chi connectivity index (χ1n) is 9.35. The van der Waals surface area contributed by atoms with Crippen LogP contribution in [-0.4, -0.2) is 40.6 Å². The first-order valence-corrected chi connectivity index (χ1v) is 9.35. The Kier molecular flexibility index (Phi) is 6.11. The fourth-order valence-corrected chi connectivity index (χ4v) is 3.20. The lowest BCUT2D eigenvalue weighted by Crippen LogP contribution is -2.28. The molecule has 1 saturated heterocycles. The quantitative estimate of drug-likeness (QED) is 0.748. The minimum absolute atomic E-state index is 0.00312. The van der Waals surface area contributed by atoms with Crippen molar-refractivity contribution in [1.29, 1.82) is 0 Å². The van der Waals surface area contributed by atoms with E-state index >= 15 is 0 Å². The van der Waals surface area contributed by atoms with E-state index in [0.717, 1.165) is 36.3 Å². The highest BCUT2D eigenvalue weighted by Crippen LogP contribution is 2.22. The number of nitrogens with zero attached hydrogens (tertiary/aromatic N) is 2. The van der Waals surface area contributed by atoms with Crippen LogP contribution in [0.3, 0.4) is 0 Å². The Morgan fingerprint density at radius 2 is 2.15 bits per heavy atom. The summed E-state index contributed by atoms with van der Waals surface area (Å²) in [6.45, 7) is 3.05. The molecule has 27 heavy (non-hydrogen) atoms. The summed E-state index contributed by atoms with van der Waals surface area (Å²) >= 11 is 0. The lowest BCUT2D eigenvalue weighted by Gasteiger charge is -2.16. The number of carbonyl (C=O) groups excluding carboxylic acids is 2. The number of carbonyl (C=O) groups is 2. The van der Waals surface area contributed by atoms with Crippen LogP contribution in [0.4, 0.5) is 5.82 Å². The van der Waals surface area contributed by atoms with Crippen molar-refractivity contribution in [2.75, 3.05) is 19.0 Å². The molecule has 2 heterocycles. The normalized spacial score (nSPS) is 16.6. The lowest BCUT2D eigenvalue weighted by molar-refractivity contribution is -0.128. The van der Waals surface area contributed by atoms with Gasteiger partial charge in [-0.15, -0.1) is 0 Å². The summed E-state index contributed by atoms with van der Waals surface area (Å²) in [6, 6.07) is 9.46. The maximum Gasteiger partial charge on any atom is 0.230 e. The molecule has 7 nitrogen and oxygen atoms in total. The van der Waals surface area contributed by atoms with E-state index in [4.69, 9.17) is 4.74 Å². The van der Waals surface area contributed by atoms with Gasteiger partial charge in [-0.3, -0.25) is 14.7 Å². The molecule has 0 saturated carbocycles. The van der Waals surface area contributed by atoms with Crippen LogP contribution in [0.1, 0.15) is 37.4 Å². The van der Waals surface area contributed by atoms with Crippen molar-refractivity contribution in [1.82, 2.24) is 15.1 Å². The Labute approximate surface area is 159 Å². The number of hydrogen-bond donors (Lipinski definition) is 2. The van der Waals surface area contributed by atoms with Crippen molar-refractivity contribution < 1.29 is 14.3 Å². The van der Waals surface area contributed by atoms with Crippen LogP contribution in [0.5, 0.6) is 5.75 Å². The zero-order valence-corrected chi connectivity index (χ0v) is 15.8. The number of unbranched alkanes of at least 4 members (excludes halogenated alkanes) is 1. The molecule has 0 bridgehead atoms. The van der Waals surface area contributed by atoms with Gasteiger partial charge in [0.15, 0.2) is 5.82 Å². The summed E-state index contributed by atoms with van der Waals surface area (Å²) in [5, 5.41) is 9.90. The van der Waals surface area contributed by atoms with Crippen LogP contribution < -0.4 is 10.1 Å². The third-order valence-electron chi connectivity index (χ3n) is 4.80. The van der Waals surface area contributed by atoms with E-state index in [2.05, 4.69) is 22.4 Å². The average molecular weight is 370 g/mol. The number of methoxy groups -OCH3 is 1. The van der Waals surface area contributed by atoms with E-state index in [1.807, 2.05) is 30.3 Å². The molecule has 0 aliphatic carbocycles. The Balaban J connectivity index is 1.54. The summed E-state index contributed by atoms with van der Waals surface area (Å²) in [7, 11) is 1.62. The second-order valence-corrected chi connectivity index (χ2v) is 6.89.